The van der Waals surface area contributed by atoms with Crippen molar-refractivity contribution < 1.29 is 23.9 Å². The molecule has 33 heavy (non-hydrogen) atoms. The molecule has 0 unspecified atom stereocenters. The van der Waals surface area contributed by atoms with Crippen molar-refractivity contribution in [1.82, 2.24) is 9.55 Å². The van der Waals surface area contributed by atoms with Crippen LogP contribution in [0.3, 0.4) is 0 Å². The predicted octanol–water partition coefficient (Wildman–Crippen LogP) is 4.89. The van der Waals surface area contributed by atoms with Crippen molar-refractivity contribution in [3.63, 3.8) is 0 Å². The van der Waals surface area contributed by atoms with Gasteiger partial charge in [0.15, 0.2) is 0 Å². The lowest BCUT2D eigenvalue weighted by Crippen LogP contribution is -2.06. The van der Waals surface area contributed by atoms with E-state index in [1.165, 1.54) is 19.2 Å². The highest BCUT2D eigenvalue weighted by atomic mass is 16.6. The Balaban J connectivity index is 1.81. The number of nitrogens with zero attached hydrogens (tertiary/aromatic N) is 3. The minimum atomic E-state index is -0.472. The molecular weight excluding hydrogens is 426 g/mol. The van der Waals surface area contributed by atoms with Crippen LogP contribution >= 0.6 is 0 Å². The lowest BCUT2D eigenvalue weighted by molar-refractivity contribution is -0.384. The van der Waals surface area contributed by atoms with Crippen LogP contribution in [0.2, 0.25) is 0 Å². The number of ether oxygens (including phenoxy) is 3. The quantitative estimate of drug-likeness (QED) is 0.226. The minimum Gasteiger partial charge on any atom is -0.497 e. The highest BCUT2D eigenvalue weighted by Gasteiger charge is 2.19. The number of aromatic nitrogens is 2. The number of hydrogen-bond acceptors (Lipinski definition) is 7. The summed E-state index contributed by atoms with van der Waals surface area (Å²) in [6, 6.07) is 17.2. The van der Waals surface area contributed by atoms with Gasteiger partial charge >= 0.3 is 12.0 Å². The van der Waals surface area contributed by atoms with Crippen molar-refractivity contribution in [1.29, 1.82) is 0 Å². The molecule has 4 rings (SSSR count). The van der Waals surface area contributed by atoms with Gasteiger partial charge in [-0.1, -0.05) is 18.2 Å². The van der Waals surface area contributed by atoms with Gasteiger partial charge in [-0.3, -0.25) is 14.7 Å². The molecule has 0 saturated heterocycles. The molecule has 4 aromatic rings. The first-order valence-corrected chi connectivity index (χ1v) is 10.0. The average Bonchev–Trinajstić information content (AvgIpc) is 3.16. The van der Waals surface area contributed by atoms with E-state index in [9.17, 15) is 14.9 Å². The van der Waals surface area contributed by atoms with Gasteiger partial charge in [-0.25, -0.2) is 4.79 Å². The number of carbonyl (C=O) groups excluding carboxylic acids is 1. The molecule has 0 aliphatic heterocycles. The Labute approximate surface area is 189 Å². The topological polar surface area (TPSA) is 106 Å². The largest absolute Gasteiger partial charge is 0.497 e. The third-order valence-corrected chi connectivity index (χ3v) is 5.30. The first-order chi connectivity index (χ1) is 15.9. The van der Waals surface area contributed by atoms with Gasteiger partial charge in [0.1, 0.15) is 11.5 Å². The molecule has 9 nitrogen and oxygen atoms in total. The first-order valence-electron chi connectivity index (χ1n) is 10.0. The Morgan fingerprint density at radius 1 is 1.09 bits per heavy atom. The van der Waals surface area contributed by atoms with Crippen molar-refractivity contribution >= 4 is 22.7 Å². The zero-order chi connectivity index (χ0) is 23.5. The van der Waals surface area contributed by atoms with Crippen molar-refractivity contribution in [2.45, 2.75) is 13.5 Å². The van der Waals surface area contributed by atoms with Crippen molar-refractivity contribution in [3.05, 3.63) is 87.5 Å². The van der Waals surface area contributed by atoms with Crippen LogP contribution in [-0.2, 0) is 11.3 Å². The number of carbonyl (C=O) groups is 1. The molecule has 9 heteroatoms. The lowest BCUT2D eigenvalue weighted by Gasteiger charge is -2.13. The number of nitro benzene ring substituents is 1. The van der Waals surface area contributed by atoms with Gasteiger partial charge in [-0.05, 0) is 42.8 Å². The van der Waals surface area contributed by atoms with Crippen LogP contribution < -0.4 is 9.47 Å². The highest BCUT2D eigenvalue weighted by Crippen LogP contribution is 2.32. The van der Waals surface area contributed by atoms with Crippen LogP contribution in [0.5, 0.6) is 17.5 Å². The van der Waals surface area contributed by atoms with Gasteiger partial charge in [-0.2, -0.15) is 4.98 Å². The van der Waals surface area contributed by atoms with E-state index in [-0.39, 0.29) is 11.7 Å². The molecule has 0 aliphatic rings. The number of hydrogen-bond donors (Lipinski definition) is 0. The molecule has 0 N–H and O–H groups in total. The van der Waals surface area contributed by atoms with E-state index in [2.05, 4.69) is 4.98 Å². The normalized spacial score (nSPS) is 10.8. The number of fused-ring (bicyclic) bond motifs is 1. The summed E-state index contributed by atoms with van der Waals surface area (Å²) in [7, 11) is 2.91. The zero-order valence-corrected chi connectivity index (χ0v) is 18.3. The van der Waals surface area contributed by atoms with Crippen LogP contribution in [0.15, 0.2) is 60.7 Å². The average molecular weight is 447 g/mol. The van der Waals surface area contributed by atoms with E-state index in [4.69, 9.17) is 14.2 Å². The first kappa shape index (κ1) is 21.8. The third kappa shape index (κ3) is 4.33. The summed E-state index contributed by atoms with van der Waals surface area (Å²) in [6.07, 6.45) is 0. The summed E-state index contributed by atoms with van der Waals surface area (Å²) in [5, 5.41) is 11.3. The molecule has 0 bridgehead atoms. The summed E-state index contributed by atoms with van der Waals surface area (Å²) in [5.41, 5.74) is 2.95. The Morgan fingerprint density at radius 3 is 2.52 bits per heavy atom. The number of rotatable bonds is 7. The van der Waals surface area contributed by atoms with E-state index in [0.29, 0.717) is 34.5 Å². The van der Waals surface area contributed by atoms with E-state index >= 15 is 0 Å². The second kappa shape index (κ2) is 8.99. The number of benzene rings is 3. The van der Waals surface area contributed by atoms with Crippen molar-refractivity contribution in [2.75, 3.05) is 14.2 Å². The SMILES string of the molecule is COC(=O)c1cccc(Oc2nc3ccc([N+](=O)[O-])cc3n2Cc2ccc(OC)cc2)c1C. The van der Waals surface area contributed by atoms with E-state index in [0.717, 1.165) is 11.3 Å². The van der Waals surface area contributed by atoms with Crippen LogP contribution in [0, 0.1) is 17.0 Å². The third-order valence-electron chi connectivity index (χ3n) is 5.30. The van der Waals surface area contributed by atoms with E-state index in [1.54, 1.807) is 42.9 Å². The summed E-state index contributed by atoms with van der Waals surface area (Å²) in [5.74, 6) is 0.676. The van der Waals surface area contributed by atoms with E-state index < -0.39 is 10.9 Å². The minimum absolute atomic E-state index is 0.0474. The Bertz CT molecular complexity index is 1340. The van der Waals surface area contributed by atoms with E-state index in [1.807, 2.05) is 24.3 Å². The molecule has 0 atom stereocenters. The Kier molecular flexibility index (Phi) is 5.95. The fourth-order valence-corrected chi connectivity index (χ4v) is 3.50. The van der Waals surface area contributed by atoms with Crippen LogP contribution in [0.4, 0.5) is 5.69 Å². The van der Waals surface area contributed by atoms with Crippen LogP contribution in [0.25, 0.3) is 11.0 Å². The predicted molar refractivity (Wildman–Crippen MR) is 121 cm³/mol. The lowest BCUT2D eigenvalue weighted by atomic mass is 10.1. The molecular formula is C24H21N3O6. The van der Waals surface area contributed by atoms with Gasteiger partial charge < -0.3 is 14.2 Å². The number of nitro groups is 1. The summed E-state index contributed by atoms with van der Waals surface area (Å²) in [4.78, 5) is 27.5. The number of esters is 1. The van der Waals surface area contributed by atoms with Gasteiger partial charge in [0.05, 0.1) is 42.3 Å². The standard InChI is InChI=1S/C24H21N3O6/c1-15-19(23(28)32-3)5-4-6-22(15)33-24-25-20-12-9-17(27(29)30)13-21(20)26(24)14-16-7-10-18(31-2)11-8-16/h4-13H,14H2,1-3H3. The molecule has 1 aromatic heterocycles. The molecule has 0 radical (unpaired) electrons. The number of non-ortho nitro benzene ring substituents is 1. The molecule has 0 aliphatic carbocycles. The molecule has 1 heterocycles. The maximum absolute atomic E-state index is 12.1. The fourth-order valence-electron chi connectivity index (χ4n) is 3.50. The molecule has 0 amide bonds. The fraction of sp³-hybridized carbons (Fsp3) is 0.167. The second-order valence-electron chi connectivity index (χ2n) is 7.28. The maximum Gasteiger partial charge on any atom is 0.338 e. The summed E-state index contributed by atoms with van der Waals surface area (Å²) < 4.78 is 17.9. The van der Waals surface area contributed by atoms with Crippen molar-refractivity contribution in [2.24, 2.45) is 0 Å². The maximum atomic E-state index is 12.1. The monoisotopic (exact) mass is 447 g/mol. The van der Waals surface area contributed by atoms with Gasteiger partial charge in [-0.15, -0.1) is 0 Å². The molecule has 3 aromatic carbocycles. The number of imidazole rings is 1. The molecule has 168 valence electrons. The van der Waals surface area contributed by atoms with Gasteiger partial charge in [0.25, 0.3) is 5.69 Å². The molecule has 0 fully saturated rings. The summed E-state index contributed by atoms with van der Waals surface area (Å²) >= 11 is 0. The Morgan fingerprint density at radius 2 is 1.85 bits per heavy atom. The number of methoxy groups -OCH3 is 2. The van der Waals surface area contributed by atoms with Crippen LogP contribution in [0.1, 0.15) is 21.5 Å². The highest BCUT2D eigenvalue weighted by molar-refractivity contribution is 5.91. The smallest absolute Gasteiger partial charge is 0.338 e. The second-order valence-corrected chi connectivity index (χ2v) is 7.28. The zero-order valence-electron chi connectivity index (χ0n) is 18.3. The van der Waals surface area contributed by atoms with Crippen LogP contribution in [-0.4, -0.2) is 34.7 Å². The summed E-state index contributed by atoms with van der Waals surface area (Å²) in [6.45, 7) is 2.11. The Hall–Kier alpha value is -4.40. The molecule has 0 spiro atoms. The van der Waals surface area contributed by atoms with Crippen molar-refractivity contribution in [3.8, 4) is 17.5 Å². The molecule has 0 saturated carbocycles. The van der Waals surface area contributed by atoms with Gasteiger partial charge in [0, 0.05) is 17.7 Å². The van der Waals surface area contributed by atoms with Gasteiger partial charge in [0.2, 0.25) is 0 Å².